The highest BCUT2D eigenvalue weighted by Gasteiger charge is 2.24. The molecule has 0 aliphatic carbocycles. The summed E-state index contributed by atoms with van der Waals surface area (Å²) in [5.41, 5.74) is 2.37. The highest BCUT2D eigenvalue weighted by Crippen LogP contribution is 2.27. The lowest BCUT2D eigenvalue weighted by molar-refractivity contribution is 0.0815. The van der Waals surface area contributed by atoms with Crippen LogP contribution in [-0.4, -0.2) is 42.5 Å². The lowest BCUT2D eigenvalue weighted by Crippen LogP contribution is -2.51. The van der Waals surface area contributed by atoms with E-state index in [2.05, 4.69) is 23.8 Å². The second-order valence-electron chi connectivity index (χ2n) is 6.68. The number of likely N-dealkylation sites (N-methyl/N-ethyl adjacent to an activating group) is 1. The average molecular weight is 349 g/mol. The Bertz CT molecular complexity index is 787. The Morgan fingerprint density at radius 2 is 2.00 bits per heavy atom. The highest BCUT2D eigenvalue weighted by atomic mass is 35.5. The Morgan fingerprint density at radius 3 is 2.71 bits per heavy atom. The molecule has 130 valence electrons. The van der Waals surface area contributed by atoms with Gasteiger partial charge in [0.2, 0.25) is 0 Å². The average Bonchev–Trinajstić information content (AvgIpc) is 2.56. The van der Waals surface area contributed by atoms with Crippen LogP contribution in [-0.2, 0) is 13.0 Å². The van der Waals surface area contributed by atoms with Crippen molar-refractivity contribution in [2.75, 3.05) is 26.7 Å². The molecule has 1 fully saturated rings. The van der Waals surface area contributed by atoms with E-state index in [-0.39, 0.29) is 5.63 Å². The first-order chi connectivity index (χ1) is 11.5. The van der Waals surface area contributed by atoms with Crippen molar-refractivity contribution in [3.05, 3.63) is 44.8 Å². The highest BCUT2D eigenvalue weighted by molar-refractivity contribution is 6.32. The predicted octanol–water partition coefficient (Wildman–Crippen LogP) is 3.53. The standard InChI is InChI=1S/C19H25ClN2O2/c1-4-13-8-18-16(10-17(13)20)14(9-19(23)24-18)11-22-7-6-21(3)12-15(22)5-2/h8-10,15H,4-7,11-12H2,1-3H3/t15-/m1/s1. The molecule has 0 bridgehead atoms. The Kier molecular flexibility index (Phi) is 5.28. The van der Waals surface area contributed by atoms with Gasteiger partial charge in [-0.15, -0.1) is 0 Å². The van der Waals surface area contributed by atoms with Crippen molar-refractivity contribution in [2.24, 2.45) is 0 Å². The summed E-state index contributed by atoms with van der Waals surface area (Å²) in [6.45, 7) is 8.16. The Morgan fingerprint density at radius 1 is 1.21 bits per heavy atom. The van der Waals surface area contributed by atoms with E-state index in [1.165, 1.54) is 0 Å². The minimum Gasteiger partial charge on any atom is -0.423 e. The van der Waals surface area contributed by atoms with Crippen molar-refractivity contribution in [1.29, 1.82) is 0 Å². The molecule has 0 saturated carbocycles. The summed E-state index contributed by atoms with van der Waals surface area (Å²) in [6.07, 6.45) is 1.92. The molecule has 1 saturated heterocycles. The molecule has 24 heavy (non-hydrogen) atoms. The first-order valence-corrected chi connectivity index (χ1v) is 9.07. The van der Waals surface area contributed by atoms with Crippen molar-refractivity contribution in [3.63, 3.8) is 0 Å². The fraction of sp³-hybridized carbons (Fsp3) is 0.526. The number of hydrogen-bond donors (Lipinski definition) is 0. The SMILES string of the molecule is CCc1cc2oc(=O)cc(CN3CCN(C)C[C@H]3CC)c2cc1Cl. The Labute approximate surface area is 148 Å². The molecule has 0 radical (unpaired) electrons. The van der Waals surface area contributed by atoms with Crippen LogP contribution in [0.5, 0.6) is 0 Å². The lowest BCUT2D eigenvalue weighted by atomic mass is 10.0. The zero-order chi connectivity index (χ0) is 17.3. The lowest BCUT2D eigenvalue weighted by Gasteiger charge is -2.39. The first kappa shape index (κ1) is 17.5. The number of halogens is 1. The maximum Gasteiger partial charge on any atom is 0.336 e. The molecule has 0 spiro atoms. The van der Waals surface area contributed by atoms with Gasteiger partial charge in [0.05, 0.1) is 0 Å². The third-order valence-electron chi connectivity index (χ3n) is 5.03. The topological polar surface area (TPSA) is 36.7 Å². The van der Waals surface area contributed by atoms with Crippen LogP contribution >= 0.6 is 11.6 Å². The van der Waals surface area contributed by atoms with Crippen LogP contribution in [0.25, 0.3) is 11.0 Å². The minimum atomic E-state index is -0.288. The second-order valence-corrected chi connectivity index (χ2v) is 7.09. The van der Waals surface area contributed by atoms with Gasteiger partial charge in [-0.05, 0) is 43.1 Å². The monoisotopic (exact) mass is 348 g/mol. The summed E-state index contributed by atoms with van der Waals surface area (Å²) in [4.78, 5) is 16.8. The molecule has 5 heteroatoms. The molecule has 0 N–H and O–H groups in total. The summed E-state index contributed by atoms with van der Waals surface area (Å²) in [5, 5.41) is 1.69. The van der Waals surface area contributed by atoms with Crippen molar-refractivity contribution < 1.29 is 4.42 Å². The van der Waals surface area contributed by atoms with E-state index in [0.29, 0.717) is 11.6 Å². The van der Waals surface area contributed by atoms with Gasteiger partial charge in [-0.2, -0.15) is 0 Å². The number of rotatable bonds is 4. The van der Waals surface area contributed by atoms with E-state index in [9.17, 15) is 4.79 Å². The van der Waals surface area contributed by atoms with Gasteiger partial charge in [-0.25, -0.2) is 4.79 Å². The predicted molar refractivity (Wildman–Crippen MR) is 98.9 cm³/mol. The van der Waals surface area contributed by atoms with Crippen molar-refractivity contribution in [3.8, 4) is 0 Å². The molecule has 1 aliphatic rings. The third-order valence-corrected chi connectivity index (χ3v) is 5.38. The van der Waals surface area contributed by atoms with Crippen LogP contribution in [0.15, 0.2) is 27.4 Å². The smallest absolute Gasteiger partial charge is 0.336 e. The number of hydrogen-bond acceptors (Lipinski definition) is 4. The van der Waals surface area contributed by atoms with E-state index in [4.69, 9.17) is 16.0 Å². The van der Waals surface area contributed by atoms with Crippen LogP contribution in [0.4, 0.5) is 0 Å². The van der Waals surface area contributed by atoms with E-state index < -0.39 is 0 Å². The second kappa shape index (κ2) is 7.26. The van der Waals surface area contributed by atoms with E-state index in [0.717, 1.165) is 60.6 Å². The largest absolute Gasteiger partial charge is 0.423 e. The van der Waals surface area contributed by atoms with Gasteiger partial charge in [-0.1, -0.05) is 25.4 Å². The van der Waals surface area contributed by atoms with Gasteiger partial charge >= 0.3 is 5.63 Å². The molecule has 0 amide bonds. The van der Waals surface area contributed by atoms with E-state index >= 15 is 0 Å². The number of fused-ring (bicyclic) bond motifs is 1. The maximum absolute atomic E-state index is 12.0. The van der Waals surface area contributed by atoms with Gasteiger partial charge in [0.15, 0.2) is 0 Å². The van der Waals surface area contributed by atoms with Gasteiger partial charge in [-0.3, -0.25) is 4.90 Å². The molecule has 1 atom stereocenters. The molecular weight excluding hydrogens is 324 g/mol. The van der Waals surface area contributed by atoms with Crippen LogP contribution in [0.2, 0.25) is 5.02 Å². The molecule has 1 aliphatic heterocycles. The van der Waals surface area contributed by atoms with Crippen molar-refractivity contribution >= 4 is 22.6 Å². The summed E-state index contributed by atoms with van der Waals surface area (Å²) in [7, 11) is 2.17. The number of aryl methyl sites for hydroxylation is 1. The molecule has 4 nitrogen and oxygen atoms in total. The maximum atomic E-state index is 12.0. The Hall–Kier alpha value is -1.36. The molecule has 1 aromatic carbocycles. The summed E-state index contributed by atoms with van der Waals surface area (Å²) < 4.78 is 5.42. The number of nitrogens with zero attached hydrogens (tertiary/aromatic N) is 2. The quantitative estimate of drug-likeness (QED) is 0.792. The number of piperazine rings is 1. The fourth-order valence-corrected chi connectivity index (χ4v) is 3.85. The van der Waals surface area contributed by atoms with Gasteiger partial charge < -0.3 is 9.32 Å². The number of benzene rings is 1. The molecule has 2 heterocycles. The Balaban J connectivity index is 1.99. The van der Waals surface area contributed by atoms with Crippen LogP contribution in [0, 0.1) is 0 Å². The minimum absolute atomic E-state index is 0.288. The van der Waals surface area contributed by atoms with E-state index in [1.54, 1.807) is 6.07 Å². The summed E-state index contributed by atoms with van der Waals surface area (Å²) in [5.74, 6) is 0. The molecule has 0 unspecified atom stereocenters. The van der Waals surface area contributed by atoms with Crippen molar-refractivity contribution in [2.45, 2.75) is 39.3 Å². The zero-order valence-corrected chi connectivity index (χ0v) is 15.4. The zero-order valence-electron chi connectivity index (χ0n) is 14.6. The van der Waals surface area contributed by atoms with Gasteiger partial charge in [0.25, 0.3) is 0 Å². The fourth-order valence-electron chi connectivity index (χ4n) is 3.55. The normalized spacial score (nSPS) is 19.9. The van der Waals surface area contributed by atoms with Crippen LogP contribution in [0.3, 0.4) is 0 Å². The van der Waals surface area contributed by atoms with Crippen molar-refractivity contribution in [1.82, 2.24) is 9.80 Å². The van der Waals surface area contributed by atoms with Crippen LogP contribution in [0.1, 0.15) is 31.4 Å². The molecule has 2 aromatic rings. The molecular formula is C19H25ClN2O2. The molecule has 3 rings (SSSR count). The summed E-state index contributed by atoms with van der Waals surface area (Å²) >= 11 is 6.39. The van der Waals surface area contributed by atoms with E-state index in [1.807, 2.05) is 19.1 Å². The molecule has 1 aromatic heterocycles. The third kappa shape index (κ3) is 3.51. The van der Waals surface area contributed by atoms with Crippen LogP contribution < -0.4 is 5.63 Å². The van der Waals surface area contributed by atoms with Gasteiger partial charge in [0, 0.05) is 48.7 Å². The summed E-state index contributed by atoms with van der Waals surface area (Å²) in [6, 6.07) is 5.99. The van der Waals surface area contributed by atoms with Gasteiger partial charge in [0.1, 0.15) is 5.58 Å². The first-order valence-electron chi connectivity index (χ1n) is 8.69.